The molecule has 1 aromatic rings. The summed E-state index contributed by atoms with van der Waals surface area (Å²) in [4.78, 5) is 13.6. The van der Waals surface area contributed by atoms with Gasteiger partial charge in [0.05, 0.1) is 18.3 Å². The lowest BCUT2D eigenvalue weighted by Gasteiger charge is -2.29. The first-order valence-corrected chi connectivity index (χ1v) is 9.70. The molecular formula is C14H20NO6PS. The predicted octanol–water partition coefficient (Wildman–Crippen LogP) is 2.28. The maximum Gasteiger partial charge on any atom is 0.332 e. The molecule has 0 spiro atoms. The number of aliphatic hydroxyl groups excluding tert-OH is 1. The Bertz CT molecular complexity index is 587. The van der Waals surface area contributed by atoms with Gasteiger partial charge >= 0.3 is 7.60 Å². The van der Waals surface area contributed by atoms with Gasteiger partial charge in [0.2, 0.25) is 0 Å². The second-order valence-electron chi connectivity index (χ2n) is 5.16. The van der Waals surface area contributed by atoms with E-state index >= 15 is 0 Å². The van der Waals surface area contributed by atoms with Crippen molar-refractivity contribution in [1.29, 1.82) is 0 Å². The zero-order valence-electron chi connectivity index (χ0n) is 12.9. The number of carbonyl (C=O) groups is 1. The summed E-state index contributed by atoms with van der Waals surface area (Å²) in [7, 11) is -0.828. The highest BCUT2D eigenvalue weighted by Crippen LogP contribution is 2.48. The number of phenolic OH excluding ortho intramolecular Hbond substituents is 1. The maximum absolute atomic E-state index is 12.2. The Balaban J connectivity index is 2.09. The van der Waals surface area contributed by atoms with Crippen LogP contribution in [-0.4, -0.2) is 58.6 Å². The van der Waals surface area contributed by atoms with Gasteiger partial charge in [-0.15, -0.1) is 0 Å². The molecule has 1 aliphatic rings. The van der Waals surface area contributed by atoms with Crippen molar-refractivity contribution in [3.8, 4) is 5.75 Å². The number of phenols is 1. The zero-order valence-corrected chi connectivity index (χ0v) is 14.6. The summed E-state index contributed by atoms with van der Waals surface area (Å²) in [6.45, 7) is 0.304. The molecule has 0 radical (unpaired) electrons. The van der Waals surface area contributed by atoms with E-state index < -0.39 is 19.7 Å². The SMILES string of the molecule is COP(=O)(C[C@@H](O)C1CSC(=O)N1Cc1ccc(O)cc1)OC. The highest BCUT2D eigenvalue weighted by Gasteiger charge is 2.40. The highest BCUT2D eigenvalue weighted by atomic mass is 32.2. The molecule has 2 rings (SSSR count). The topological polar surface area (TPSA) is 96.3 Å². The maximum atomic E-state index is 12.2. The fraction of sp³-hybridized carbons (Fsp3) is 0.500. The van der Waals surface area contributed by atoms with Crippen LogP contribution in [0.15, 0.2) is 24.3 Å². The smallest absolute Gasteiger partial charge is 0.332 e. The second-order valence-corrected chi connectivity index (χ2v) is 8.45. The van der Waals surface area contributed by atoms with Gasteiger partial charge < -0.3 is 24.2 Å². The number of carbonyl (C=O) groups excluding carboxylic acids is 1. The summed E-state index contributed by atoms with van der Waals surface area (Å²) < 4.78 is 21.9. The average molecular weight is 361 g/mol. The van der Waals surface area contributed by atoms with Crippen molar-refractivity contribution in [2.24, 2.45) is 0 Å². The van der Waals surface area contributed by atoms with E-state index in [0.717, 1.165) is 17.3 Å². The van der Waals surface area contributed by atoms with Gasteiger partial charge in [0, 0.05) is 26.5 Å². The third kappa shape index (κ3) is 4.49. The Morgan fingerprint density at radius 1 is 1.35 bits per heavy atom. The van der Waals surface area contributed by atoms with E-state index in [4.69, 9.17) is 9.05 Å². The van der Waals surface area contributed by atoms with Gasteiger partial charge in [-0.25, -0.2) is 0 Å². The number of hydrogen-bond acceptors (Lipinski definition) is 7. The number of hydrogen-bond donors (Lipinski definition) is 2. The van der Waals surface area contributed by atoms with Crippen LogP contribution in [0.4, 0.5) is 4.79 Å². The summed E-state index contributed by atoms with van der Waals surface area (Å²) in [6.07, 6.45) is -1.19. The number of nitrogens with zero attached hydrogens (tertiary/aromatic N) is 1. The van der Waals surface area contributed by atoms with Crippen LogP contribution < -0.4 is 0 Å². The Morgan fingerprint density at radius 2 is 1.96 bits per heavy atom. The third-order valence-corrected chi connectivity index (χ3v) is 6.64. The molecule has 1 aliphatic heterocycles. The van der Waals surface area contributed by atoms with Crippen LogP contribution in [0.2, 0.25) is 0 Å². The molecule has 1 fully saturated rings. The van der Waals surface area contributed by atoms with Gasteiger partial charge in [-0.05, 0) is 17.7 Å². The molecule has 23 heavy (non-hydrogen) atoms. The summed E-state index contributed by atoms with van der Waals surface area (Å²) in [5.74, 6) is 0.555. The Kier molecular flexibility index (Phi) is 6.11. The summed E-state index contributed by atoms with van der Waals surface area (Å²) >= 11 is 1.11. The van der Waals surface area contributed by atoms with Crippen molar-refractivity contribution in [3.63, 3.8) is 0 Å². The minimum atomic E-state index is -3.36. The molecule has 0 bridgehead atoms. The zero-order chi connectivity index (χ0) is 17.0. The predicted molar refractivity (Wildman–Crippen MR) is 87.8 cm³/mol. The first-order chi connectivity index (χ1) is 10.9. The monoisotopic (exact) mass is 361 g/mol. The van der Waals surface area contributed by atoms with Gasteiger partial charge in [0.25, 0.3) is 5.24 Å². The van der Waals surface area contributed by atoms with E-state index in [1.54, 1.807) is 24.3 Å². The van der Waals surface area contributed by atoms with E-state index in [-0.39, 0.29) is 17.2 Å². The van der Waals surface area contributed by atoms with Crippen molar-refractivity contribution in [1.82, 2.24) is 4.90 Å². The van der Waals surface area contributed by atoms with Crippen LogP contribution in [0.1, 0.15) is 5.56 Å². The molecule has 2 atom stereocenters. The largest absolute Gasteiger partial charge is 0.508 e. The molecule has 0 saturated carbocycles. The molecule has 1 amide bonds. The van der Waals surface area contributed by atoms with Gasteiger partial charge in [0.15, 0.2) is 0 Å². The summed E-state index contributed by atoms with van der Waals surface area (Å²) in [5.41, 5.74) is 0.831. The number of aromatic hydroxyl groups is 1. The molecule has 0 aromatic heterocycles. The van der Waals surface area contributed by atoms with Crippen molar-refractivity contribution in [2.75, 3.05) is 26.1 Å². The molecule has 1 heterocycles. The van der Waals surface area contributed by atoms with Gasteiger partial charge in [0.1, 0.15) is 5.75 Å². The summed E-state index contributed by atoms with van der Waals surface area (Å²) in [5, 5.41) is 19.5. The van der Waals surface area contributed by atoms with Crippen LogP contribution in [0.5, 0.6) is 5.75 Å². The fourth-order valence-electron chi connectivity index (χ4n) is 2.34. The Morgan fingerprint density at radius 3 is 2.52 bits per heavy atom. The molecule has 7 nitrogen and oxygen atoms in total. The minimum Gasteiger partial charge on any atom is -0.508 e. The van der Waals surface area contributed by atoms with Crippen LogP contribution in [0.3, 0.4) is 0 Å². The van der Waals surface area contributed by atoms with Crippen molar-refractivity contribution in [2.45, 2.75) is 18.7 Å². The van der Waals surface area contributed by atoms with Crippen LogP contribution >= 0.6 is 19.4 Å². The number of amides is 1. The minimum absolute atomic E-state index is 0.146. The Hall–Kier alpha value is -1.05. The molecule has 1 saturated heterocycles. The fourth-order valence-corrected chi connectivity index (χ4v) is 4.57. The van der Waals surface area contributed by atoms with Crippen molar-refractivity contribution in [3.05, 3.63) is 29.8 Å². The molecular weight excluding hydrogens is 341 g/mol. The molecule has 9 heteroatoms. The lowest BCUT2D eigenvalue weighted by Crippen LogP contribution is -2.43. The Labute approximate surface area is 139 Å². The lowest BCUT2D eigenvalue weighted by molar-refractivity contribution is 0.0951. The molecule has 1 aromatic carbocycles. The third-order valence-electron chi connectivity index (χ3n) is 3.71. The number of rotatable bonds is 7. The molecule has 128 valence electrons. The summed E-state index contributed by atoms with van der Waals surface area (Å²) in [6, 6.07) is 6.03. The number of benzene rings is 1. The number of aliphatic hydroxyl groups is 1. The highest BCUT2D eigenvalue weighted by molar-refractivity contribution is 8.13. The quantitative estimate of drug-likeness (QED) is 0.719. The van der Waals surface area contributed by atoms with Crippen molar-refractivity contribution < 1.29 is 28.6 Å². The first kappa shape index (κ1) is 18.3. The second kappa shape index (κ2) is 7.68. The molecule has 0 aliphatic carbocycles. The van der Waals surface area contributed by atoms with Gasteiger partial charge in [-0.2, -0.15) is 0 Å². The van der Waals surface area contributed by atoms with Crippen molar-refractivity contribution >= 4 is 24.6 Å². The van der Waals surface area contributed by atoms with E-state index in [1.807, 2.05) is 0 Å². The molecule has 1 unspecified atom stereocenters. The average Bonchev–Trinajstić information content (AvgIpc) is 2.90. The standard InChI is InChI=1S/C14H20NO6PS/c1-20-22(19,21-2)8-13(17)12-9-23-14(18)15(12)7-10-3-5-11(16)6-4-10/h3-6,12-13,16-17H,7-9H2,1-2H3/t12?,13-/m1/s1. The van der Waals surface area contributed by atoms with Crippen LogP contribution in [0.25, 0.3) is 0 Å². The molecule has 2 N–H and O–H groups in total. The van der Waals surface area contributed by atoms with Crippen LogP contribution in [0, 0.1) is 0 Å². The van der Waals surface area contributed by atoms with Crippen LogP contribution in [-0.2, 0) is 20.2 Å². The van der Waals surface area contributed by atoms with E-state index in [9.17, 15) is 19.6 Å². The first-order valence-electron chi connectivity index (χ1n) is 6.98. The van der Waals surface area contributed by atoms with Gasteiger partial charge in [-0.3, -0.25) is 9.36 Å². The normalized spacial score (nSPS) is 20.0. The van der Waals surface area contributed by atoms with E-state index in [1.165, 1.54) is 19.1 Å². The lowest BCUT2D eigenvalue weighted by atomic mass is 10.1. The van der Waals surface area contributed by atoms with E-state index in [0.29, 0.717) is 12.3 Å². The number of thioether (sulfide) groups is 1. The van der Waals surface area contributed by atoms with E-state index in [2.05, 4.69) is 0 Å². The van der Waals surface area contributed by atoms with Gasteiger partial charge in [-0.1, -0.05) is 23.9 Å².